The van der Waals surface area contributed by atoms with Gasteiger partial charge < -0.3 is 15.4 Å². The van der Waals surface area contributed by atoms with Crippen LogP contribution in [0.5, 0.6) is 0 Å². The maximum absolute atomic E-state index is 5.33. The molecule has 0 bridgehead atoms. The molecule has 0 atom stereocenters. The van der Waals surface area contributed by atoms with Crippen LogP contribution in [0.2, 0.25) is 0 Å². The lowest BCUT2D eigenvalue weighted by molar-refractivity contribution is 0.138. The zero-order valence-corrected chi connectivity index (χ0v) is 17.0. The highest BCUT2D eigenvalue weighted by molar-refractivity contribution is 5.79. The highest BCUT2D eigenvalue weighted by Gasteiger charge is 2.33. The minimum Gasteiger partial charge on any atom is -0.385 e. The van der Waals surface area contributed by atoms with Crippen molar-refractivity contribution in [1.29, 1.82) is 0 Å². The molecule has 2 N–H and O–H groups in total. The van der Waals surface area contributed by atoms with E-state index in [1.165, 1.54) is 36.8 Å². The van der Waals surface area contributed by atoms with Crippen LogP contribution in [0.3, 0.4) is 0 Å². The van der Waals surface area contributed by atoms with Gasteiger partial charge in [0.1, 0.15) is 12.7 Å². The van der Waals surface area contributed by atoms with Crippen LogP contribution in [0.25, 0.3) is 0 Å². The molecule has 1 heterocycles. The Bertz CT molecular complexity index is 737. The van der Waals surface area contributed by atoms with E-state index in [0.717, 1.165) is 38.6 Å². The zero-order valence-electron chi connectivity index (χ0n) is 17.0. The number of guanidine groups is 1. The highest BCUT2D eigenvalue weighted by Crippen LogP contribution is 2.40. The van der Waals surface area contributed by atoms with Crippen molar-refractivity contribution in [2.75, 3.05) is 27.3 Å². The molecular formula is C21H32N6O. The van der Waals surface area contributed by atoms with E-state index < -0.39 is 0 Å². The average Bonchev–Trinajstić information content (AvgIpc) is 3.40. The third-order valence-electron chi connectivity index (χ3n) is 5.62. The van der Waals surface area contributed by atoms with Crippen LogP contribution < -0.4 is 10.6 Å². The standard InChI is InChI=1S/C21H32N6O/c1-22-20(25-15-21(10-11-28-2)8-3-4-9-21)24-13-18-6-5-7-19(12-18)14-27-17-23-16-26-27/h5-7,12,16-17H,3-4,8-11,13-15H2,1-2H3,(H2,22,24,25). The predicted molar refractivity (Wildman–Crippen MR) is 111 cm³/mol. The van der Waals surface area contributed by atoms with E-state index >= 15 is 0 Å². The van der Waals surface area contributed by atoms with Gasteiger partial charge in [-0.2, -0.15) is 5.10 Å². The lowest BCUT2D eigenvalue weighted by Gasteiger charge is -2.30. The average molecular weight is 385 g/mol. The number of rotatable bonds is 9. The van der Waals surface area contributed by atoms with Crippen molar-refractivity contribution >= 4 is 5.96 Å². The first-order valence-electron chi connectivity index (χ1n) is 10.1. The van der Waals surface area contributed by atoms with Gasteiger partial charge in [-0.1, -0.05) is 37.1 Å². The molecule has 0 aliphatic heterocycles. The number of nitrogens with zero attached hydrogens (tertiary/aromatic N) is 4. The molecule has 1 aliphatic rings. The Balaban J connectivity index is 1.51. The van der Waals surface area contributed by atoms with Crippen molar-refractivity contribution < 1.29 is 4.74 Å². The normalized spacial score (nSPS) is 16.3. The molecule has 7 heteroatoms. The second-order valence-corrected chi connectivity index (χ2v) is 7.64. The smallest absolute Gasteiger partial charge is 0.191 e. The van der Waals surface area contributed by atoms with Gasteiger partial charge in [0, 0.05) is 33.9 Å². The minimum atomic E-state index is 0.339. The Morgan fingerprint density at radius 1 is 1.25 bits per heavy atom. The Morgan fingerprint density at radius 2 is 2.07 bits per heavy atom. The predicted octanol–water partition coefficient (Wildman–Crippen LogP) is 2.59. The van der Waals surface area contributed by atoms with Crippen LogP contribution in [-0.4, -0.2) is 48.0 Å². The van der Waals surface area contributed by atoms with Gasteiger partial charge >= 0.3 is 0 Å². The first-order chi connectivity index (χ1) is 13.7. The van der Waals surface area contributed by atoms with Crippen LogP contribution in [0.1, 0.15) is 43.2 Å². The maximum atomic E-state index is 5.33. The Labute approximate surface area is 167 Å². The molecule has 0 saturated heterocycles. The van der Waals surface area contributed by atoms with E-state index in [9.17, 15) is 0 Å². The SMILES string of the molecule is CN=C(NCc1cccc(Cn2cncn2)c1)NCC1(CCOC)CCCC1. The number of aromatic nitrogens is 3. The number of hydrogen-bond acceptors (Lipinski definition) is 4. The maximum Gasteiger partial charge on any atom is 0.191 e. The molecule has 0 amide bonds. The van der Waals surface area contributed by atoms with E-state index in [1.807, 2.05) is 11.7 Å². The van der Waals surface area contributed by atoms with E-state index in [4.69, 9.17) is 4.74 Å². The van der Waals surface area contributed by atoms with E-state index in [2.05, 4.69) is 50.0 Å². The fourth-order valence-electron chi connectivity index (χ4n) is 3.98. The summed E-state index contributed by atoms with van der Waals surface area (Å²) in [5.41, 5.74) is 2.76. The summed E-state index contributed by atoms with van der Waals surface area (Å²) in [7, 11) is 3.61. The fraction of sp³-hybridized carbons (Fsp3) is 0.571. The summed E-state index contributed by atoms with van der Waals surface area (Å²) in [4.78, 5) is 8.40. The molecule has 3 rings (SSSR count). The molecule has 0 spiro atoms. The fourth-order valence-corrected chi connectivity index (χ4v) is 3.98. The molecular weight excluding hydrogens is 352 g/mol. The third-order valence-corrected chi connectivity index (χ3v) is 5.62. The van der Waals surface area contributed by atoms with Crippen LogP contribution in [-0.2, 0) is 17.8 Å². The molecule has 0 radical (unpaired) electrons. The molecule has 1 aromatic heterocycles. The lowest BCUT2D eigenvalue weighted by Crippen LogP contribution is -2.43. The Morgan fingerprint density at radius 3 is 2.79 bits per heavy atom. The largest absolute Gasteiger partial charge is 0.385 e. The molecule has 0 unspecified atom stereocenters. The number of aliphatic imine (C=N–C) groups is 1. The van der Waals surface area contributed by atoms with Gasteiger partial charge in [0.05, 0.1) is 6.54 Å². The lowest BCUT2D eigenvalue weighted by atomic mass is 9.83. The van der Waals surface area contributed by atoms with Crippen LogP contribution in [0.4, 0.5) is 0 Å². The summed E-state index contributed by atoms with van der Waals surface area (Å²) in [6, 6.07) is 8.51. The second kappa shape index (κ2) is 10.2. The molecule has 2 aromatic rings. The van der Waals surface area contributed by atoms with Crippen molar-refractivity contribution in [3.63, 3.8) is 0 Å². The number of nitrogens with one attached hydrogen (secondary N) is 2. The summed E-state index contributed by atoms with van der Waals surface area (Å²) >= 11 is 0. The monoisotopic (exact) mass is 384 g/mol. The summed E-state index contributed by atoms with van der Waals surface area (Å²) in [6.45, 7) is 3.23. The summed E-state index contributed by atoms with van der Waals surface area (Å²) in [5, 5.41) is 11.2. The number of ether oxygens (including phenoxy) is 1. The van der Waals surface area contributed by atoms with Crippen molar-refractivity contribution in [1.82, 2.24) is 25.4 Å². The minimum absolute atomic E-state index is 0.339. The van der Waals surface area contributed by atoms with Crippen molar-refractivity contribution in [2.45, 2.75) is 45.2 Å². The second-order valence-electron chi connectivity index (χ2n) is 7.64. The third kappa shape index (κ3) is 5.79. The quantitative estimate of drug-likeness (QED) is 0.513. The van der Waals surface area contributed by atoms with Gasteiger partial charge in [-0.3, -0.25) is 4.99 Å². The molecule has 1 saturated carbocycles. The first-order valence-corrected chi connectivity index (χ1v) is 10.1. The Kier molecular flexibility index (Phi) is 7.42. The van der Waals surface area contributed by atoms with Gasteiger partial charge in [-0.15, -0.1) is 0 Å². The van der Waals surface area contributed by atoms with E-state index in [1.54, 1.807) is 19.8 Å². The van der Waals surface area contributed by atoms with E-state index in [-0.39, 0.29) is 0 Å². The molecule has 1 fully saturated rings. The first kappa shape index (κ1) is 20.3. The number of methoxy groups -OCH3 is 1. The van der Waals surface area contributed by atoms with Gasteiger partial charge in [0.25, 0.3) is 0 Å². The van der Waals surface area contributed by atoms with Gasteiger partial charge in [-0.05, 0) is 35.8 Å². The van der Waals surface area contributed by atoms with E-state index in [0.29, 0.717) is 5.41 Å². The van der Waals surface area contributed by atoms with Gasteiger partial charge in [0.15, 0.2) is 5.96 Å². The van der Waals surface area contributed by atoms with Crippen LogP contribution in [0.15, 0.2) is 41.9 Å². The van der Waals surface area contributed by atoms with Crippen molar-refractivity contribution in [3.05, 3.63) is 48.0 Å². The zero-order chi connectivity index (χ0) is 19.7. The van der Waals surface area contributed by atoms with Gasteiger partial charge in [-0.25, -0.2) is 9.67 Å². The Hall–Kier alpha value is -2.41. The molecule has 152 valence electrons. The summed E-state index contributed by atoms with van der Waals surface area (Å²) in [5.74, 6) is 0.852. The number of hydrogen-bond donors (Lipinski definition) is 2. The topological polar surface area (TPSA) is 76.4 Å². The van der Waals surface area contributed by atoms with Crippen molar-refractivity contribution in [2.24, 2.45) is 10.4 Å². The number of benzene rings is 1. The summed E-state index contributed by atoms with van der Waals surface area (Å²) < 4.78 is 7.16. The molecule has 28 heavy (non-hydrogen) atoms. The molecule has 7 nitrogen and oxygen atoms in total. The molecule has 1 aromatic carbocycles. The van der Waals surface area contributed by atoms with Crippen LogP contribution >= 0.6 is 0 Å². The van der Waals surface area contributed by atoms with Crippen molar-refractivity contribution in [3.8, 4) is 0 Å². The summed E-state index contributed by atoms with van der Waals surface area (Å²) in [6.07, 6.45) is 9.57. The van der Waals surface area contributed by atoms with Crippen LogP contribution in [0, 0.1) is 5.41 Å². The highest BCUT2D eigenvalue weighted by atomic mass is 16.5. The molecule has 1 aliphatic carbocycles. The van der Waals surface area contributed by atoms with Gasteiger partial charge in [0.2, 0.25) is 0 Å².